The summed E-state index contributed by atoms with van der Waals surface area (Å²) in [4.78, 5) is 0. The fraction of sp³-hybridized carbons (Fsp3) is 1.00. The number of aliphatic hydroxyl groups excluding tert-OH is 1. The lowest BCUT2D eigenvalue weighted by Crippen LogP contribution is -2.17. The SMILES string of the molecule is CCCCC(CCC)C(CCC)PCCCO. The highest BCUT2D eigenvalue weighted by Crippen LogP contribution is 2.35. The standard InChI is InChI=1S/C15H33OP/c1-4-7-11-14(9-5-2)15(10-6-3)17-13-8-12-16/h14-17H,4-13H2,1-3H3. The normalized spacial score (nSPS) is 15.5. The Balaban J connectivity index is 4.14. The first-order valence-corrected chi connectivity index (χ1v) is 8.92. The molecule has 0 saturated carbocycles. The second kappa shape index (κ2) is 12.8. The van der Waals surface area contributed by atoms with Gasteiger partial charge in [-0.05, 0) is 37.0 Å². The third-order valence-corrected chi connectivity index (χ3v) is 5.42. The Bertz CT molecular complexity index is 150. The van der Waals surface area contributed by atoms with Crippen LogP contribution in [0.2, 0.25) is 0 Å². The summed E-state index contributed by atoms with van der Waals surface area (Å²) < 4.78 is 0. The Morgan fingerprint density at radius 1 is 0.882 bits per heavy atom. The monoisotopic (exact) mass is 260 g/mol. The number of hydrogen-bond donors (Lipinski definition) is 1. The second-order valence-electron chi connectivity index (χ2n) is 5.12. The van der Waals surface area contributed by atoms with E-state index >= 15 is 0 Å². The van der Waals surface area contributed by atoms with Crippen molar-refractivity contribution in [2.75, 3.05) is 12.8 Å². The van der Waals surface area contributed by atoms with Crippen LogP contribution < -0.4 is 0 Å². The summed E-state index contributed by atoms with van der Waals surface area (Å²) in [5, 5.41) is 8.90. The lowest BCUT2D eigenvalue weighted by Gasteiger charge is -2.27. The molecule has 2 heteroatoms. The van der Waals surface area contributed by atoms with E-state index in [2.05, 4.69) is 20.8 Å². The van der Waals surface area contributed by atoms with E-state index in [0.717, 1.165) is 26.6 Å². The van der Waals surface area contributed by atoms with Gasteiger partial charge >= 0.3 is 0 Å². The van der Waals surface area contributed by atoms with Crippen LogP contribution in [0.15, 0.2) is 0 Å². The lowest BCUT2D eigenvalue weighted by atomic mass is 9.91. The molecule has 0 radical (unpaired) electrons. The predicted octanol–water partition coefficient (Wildman–Crippen LogP) is 4.82. The molecular weight excluding hydrogens is 227 g/mol. The molecule has 0 heterocycles. The van der Waals surface area contributed by atoms with Gasteiger partial charge in [-0.15, -0.1) is 8.58 Å². The van der Waals surface area contributed by atoms with Gasteiger partial charge in [0.1, 0.15) is 0 Å². The predicted molar refractivity (Wildman–Crippen MR) is 81.5 cm³/mol. The van der Waals surface area contributed by atoms with Crippen molar-refractivity contribution < 1.29 is 5.11 Å². The van der Waals surface area contributed by atoms with Crippen molar-refractivity contribution in [3.05, 3.63) is 0 Å². The highest BCUT2D eigenvalue weighted by molar-refractivity contribution is 7.38. The Kier molecular flexibility index (Phi) is 13.1. The zero-order chi connectivity index (χ0) is 12.9. The van der Waals surface area contributed by atoms with E-state index in [1.807, 2.05) is 0 Å². The van der Waals surface area contributed by atoms with Gasteiger partial charge in [0.25, 0.3) is 0 Å². The molecule has 0 aromatic heterocycles. The quantitative estimate of drug-likeness (QED) is 0.394. The van der Waals surface area contributed by atoms with Gasteiger partial charge in [0.05, 0.1) is 0 Å². The van der Waals surface area contributed by atoms with Crippen LogP contribution in [-0.2, 0) is 0 Å². The van der Waals surface area contributed by atoms with Crippen LogP contribution in [-0.4, -0.2) is 23.5 Å². The minimum atomic E-state index is 0.374. The molecule has 0 aromatic carbocycles. The van der Waals surface area contributed by atoms with Crippen molar-refractivity contribution in [3.63, 3.8) is 0 Å². The summed E-state index contributed by atoms with van der Waals surface area (Å²) in [5.41, 5.74) is 0.943. The molecule has 0 rings (SSSR count). The van der Waals surface area contributed by atoms with Gasteiger partial charge in [-0.25, -0.2) is 0 Å². The molecular formula is C15H33OP. The van der Waals surface area contributed by atoms with E-state index in [1.165, 1.54) is 51.1 Å². The first-order chi connectivity index (χ1) is 8.29. The maximum absolute atomic E-state index is 8.90. The zero-order valence-corrected chi connectivity index (χ0v) is 13.2. The molecule has 3 atom stereocenters. The van der Waals surface area contributed by atoms with Crippen molar-refractivity contribution >= 4 is 8.58 Å². The second-order valence-corrected chi connectivity index (χ2v) is 6.77. The van der Waals surface area contributed by atoms with Gasteiger partial charge in [-0.3, -0.25) is 0 Å². The van der Waals surface area contributed by atoms with Gasteiger partial charge in [0.15, 0.2) is 0 Å². The number of aliphatic hydroxyl groups is 1. The molecule has 17 heavy (non-hydrogen) atoms. The molecule has 1 N–H and O–H groups in total. The molecule has 0 aliphatic carbocycles. The molecule has 0 amide bonds. The lowest BCUT2D eigenvalue weighted by molar-refractivity contribution is 0.296. The van der Waals surface area contributed by atoms with Gasteiger partial charge in [-0.2, -0.15) is 0 Å². The zero-order valence-electron chi connectivity index (χ0n) is 12.2. The highest BCUT2D eigenvalue weighted by atomic mass is 31.1. The summed E-state index contributed by atoms with van der Waals surface area (Å²) in [7, 11) is 1.08. The molecule has 0 aliphatic rings. The fourth-order valence-corrected chi connectivity index (χ4v) is 4.46. The maximum atomic E-state index is 8.90. The topological polar surface area (TPSA) is 20.2 Å². The first kappa shape index (κ1) is 17.4. The number of hydrogen-bond acceptors (Lipinski definition) is 1. The van der Waals surface area contributed by atoms with Crippen molar-refractivity contribution in [1.82, 2.24) is 0 Å². The summed E-state index contributed by atoms with van der Waals surface area (Å²) in [5.74, 6) is 0.955. The Morgan fingerprint density at radius 2 is 1.59 bits per heavy atom. The van der Waals surface area contributed by atoms with Crippen molar-refractivity contribution in [2.45, 2.75) is 77.8 Å². The van der Waals surface area contributed by atoms with Crippen molar-refractivity contribution in [3.8, 4) is 0 Å². The van der Waals surface area contributed by atoms with Crippen LogP contribution in [0.25, 0.3) is 0 Å². The van der Waals surface area contributed by atoms with Crippen LogP contribution in [0.1, 0.15) is 72.1 Å². The molecule has 0 aliphatic heterocycles. The first-order valence-electron chi connectivity index (χ1n) is 7.64. The average Bonchev–Trinajstić information content (AvgIpc) is 2.34. The molecule has 0 aromatic rings. The number of unbranched alkanes of at least 4 members (excludes halogenated alkanes) is 1. The van der Waals surface area contributed by atoms with Gasteiger partial charge in [0.2, 0.25) is 0 Å². The smallest absolute Gasteiger partial charge is 0.0434 e. The van der Waals surface area contributed by atoms with E-state index < -0.39 is 0 Å². The van der Waals surface area contributed by atoms with Crippen molar-refractivity contribution in [2.24, 2.45) is 5.92 Å². The van der Waals surface area contributed by atoms with Crippen LogP contribution in [0.5, 0.6) is 0 Å². The minimum absolute atomic E-state index is 0.374. The average molecular weight is 260 g/mol. The Morgan fingerprint density at radius 3 is 2.12 bits per heavy atom. The fourth-order valence-electron chi connectivity index (χ4n) is 2.57. The molecule has 3 unspecified atom stereocenters. The van der Waals surface area contributed by atoms with Crippen LogP contribution in [0.3, 0.4) is 0 Å². The van der Waals surface area contributed by atoms with E-state index in [-0.39, 0.29) is 0 Å². The van der Waals surface area contributed by atoms with E-state index in [0.29, 0.717) is 6.61 Å². The third-order valence-electron chi connectivity index (χ3n) is 3.50. The highest BCUT2D eigenvalue weighted by Gasteiger charge is 2.19. The maximum Gasteiger partial charge on any atom is 0.0434 e. The Labute approximate surface area is 111 Å². The molecule has 1 nitrogen and oxygen atoms in total. The van der Waals surface area contributed by atoms with Crippen molar-refractivity contribution in [1.29, 1.82) is 0 Å². The third kappa shape index (κ3) is 9.03. The van der Waals surface area contributed by atoms with Gasteiger partial charge < -0.3 is 5.11 Å². The van der Waals surface area contributed by atoms with Gasteiger partial charge in [-0.1, -0.05) is 52.9 Å². The molecule has 104 valence electrons. The molecule has 0 fully saturated rings. The summed E-state index contributed by atoms with van der Waals surface area (Å²) >= 11 is 0. The van der Waals surface area contributed by atoms with Gasteiger partial charge in [0, 0.05) is 6.61 Å². The van der Waals surface area contributed by atoms with Crippen LogP contribution in [0, 0.1) is 5.92 Å². The summed E-state index contributed by atoms with van der Waals surface area (Å²) in [6.07, 6.45) is 11.9. The minimum Gasteiger partial charge on any atom is -0.396 e. The largest absolute Gasteiger partial charge is 0.396 e. The summed E-state index contributed by atoms with van der Waals surface area (Å²) in [6, 6.07) is 0. The molecule has 0 bridgehead atoms. The van der Waals surface area contributed by atoms with Crippen LogP contribution >= 0.6 is 8.58 Å². The number of rotatable bonds is 12. The van der Waals surface area contributed by atoms with E-state index in [1.54, 1.807) is 0 Å². The van der Waals surface area contributed by atoms with E-state index in [9.17, 15) is 0 Å². The molecule has 0 saturated heterocycles. The molecule has 0 spiro atoms. The Hall–Kier alpha value is 0.390. The summed E-state index contributed by atoms with van der Waals surface area (Å²) in [6.45, 7) is 7.30. The van der Waals surface area contributed by atoms with E-state index in [4.69, 9.17) is 5.11 Å². The van der Waals surface area contributed by atoms with Crippen LogP contribution in [0.4, 0.5) is 0 Å².